The molecule has 0 radical (unpaired) electrons. The zero-order valence-electron chi connectivity index (χ0n) is 16.6. The van der Waals surface area contributed by atoms with E-state index in [2.05, 4.69) is 30.7 Å². The molecule has 0 saturated carbocycles. The summed E-state index contributed by atoms with van der Waals surface area (Å²) in [4.78, 5) is 17.0. The lowest BCUT2D eigenvalue weighted by atomic mass is 10.1. The standard InChI is InChI=1S/C23H16Cl2N6O/c24-16-2-4-21-19(9-16)22(31-30-21)12-27-23(32)15-8-18(29-28-10-15)6-13-1-3-20-14(5-13)7-17(25)11-26-20/h1-5,7-11H,6,12H2,(H,27,32)(H,30,31). The van der Waals surface area contributed by atoms with Crippen molar-refractivity contribution in [3.8, 4) is 0 Å². The number of pyridine rings is 1. The second-order valence-corrected chi connectivity index (χ2v) is 8.21. The highest BCUT2D eigenvalue weighted by Gasteiger charge is 2.12. The molecule has 0 unspecified atom stereocenters. The smallest absolute Gasteiger partial charge is 0.253 e. The Morgan fingerprint density at radius 1 is 1.00 bits per heavy atom. The molecule has 0 spiro atoms. The summed E-state index contributed by atoms with van der Waals surface area (Å²) in [6.07, 6.45) is 3.60. The molecule has 0 aliphatic rings. The molecule has 9 heteroatoms. The topological polar surface area (TPSA) is 96.5 Å². The monoisotopic (exact) mass is 462 g/mol. The van der Waals surface area contributed by atoms with E-state index in [9.17, 15) is 4.79 Å². The maximum absolute atomic E-state index is 12.7. The number of carbonyl (C=O) groups excluding carboxylic acids is 1. The second kappa shape index (κ2) is 8.53. The largest absolute Gasteiger partial charge is 0.346 e. The number of fused-ring (bicyclic) bond motifs is 2. The highest BCUT2D eigenvalue weighted by atomic mass is 35.5. The molecule has 3 aromatic heterocycles. The number of rotatable bonds is 5. The van der Waals surface area contributed by atoms with Crippen LogP contribution in [0.3, 0.4) is 0 Å². The van der Waals surface area contributed by atoms with Gasteiger partial charge in [0.1, 0.15) is 0 Å². The van der Waals surface area contributed by atoms with Crippen molar-refractivity contribution in [2.24, 2.45) is 0 Å². The molecule has 2 aromatic carbocycles. The minimum absolute atomic E-state index is 0.256. The third kappa shape index (κ3) is 4.26. The Hall–Kier alpha value is -3.55. The van der Waals surface area contributed by atoms with Gasteiger partial charge in [0.25, 0.3) is 5.91 Å². The lowest BCUT2D eigenvalue weighted by molar-refractivity contribution is 0.0950. The first-order chi connectivity index (χ1) is 15.5. The number of aromatic amines is 1. The van der Waals surface area contributed by atoms with Crippen LogP contribution in [0, 0.1) is 0 Å². The molecule has 0 bridgehead atoms. The molecule has 2 N–H and O–H groups in total. The molecule has 5 aromatic rings. The number of carbonyl (C=O) groups is 1. The van der Waals surface area contributed by atoms with Gasteiger partial charge in [0.15, 0.2) is 0 Å². The van der Waals surface area contributed by atoms with Gasteiger partial charge in [0.05, 0.1) is 45.7 Å². The van der Waals surface area contributed by atoms with Crippen molar-refractivity contribution in [1.29, 1.82) is 0 Å². The Morgan fingerprint density at radius 2 is 1.91 bits per heavy atom. The molecule has 0 aliphatic heterocycles. The Morgan fingerprint density at radius 3 is 2.81 bits per heavy atom. The van der Waals surface area contributed by atoms with Crippen LogP contribution in [-0.4, -0.2) is 31.3 Å². The molecule has 0 saturated heterocycles. The lowest BCUT2D eigenvalue weighted by Crippen LogP contribution is -2.23. The van der Waals surface area contributed by atoms with Crippen LogP contribution in [0.5, 0.6) is 0 Å². The molecule has 3 heterocycles. The highest BCUT2D eigenvalue weighted by molar-refractivity contribution is 6.31. The van der Waals surface area contributed by atoms with E-state index in [1.807, 2.05) is 36.4 Å². The van der Waals surface area contributed by atoms with Gasteiger partial charge in [-0.15, -0.1) is 0 Å². The summed E-state index contributed by atoms with van der Waals surface area (Å²) in [7, 11) is 0. The van der Waals surface area contributed by atoms with Crippen LogP contribution in [-0.2, 0) is 13.0 Å². The Labute approximate surface area is 192 Å². The van der Waals surface area contributed by atoms with Crippen molar-refractivity contribution in [2.75, 3.05) is 0 Å². The lowest BCUT2D eigenvalue weighted by Gasteiger charge is -2.06. The highest BCUT2D eigenvalue weighted by Crippen LogP contribution is 2.21. The predicted molar refractivity (Wildman–Crippen MR) is 124 cm³/mol. The van der Waals surface area contributed by atoms with Gasteiger partial charge in [0, 0.05) is 28.4 Å². The molecule has 0 aliphatic carbocycles. The summed E-state index contributed by atoms with van der Waals surface area (Å²) >= 11 is 12.1. The summed E-state index contributed by atoms with van der Waals surface area (Å²) < 4.78 is 0. The van der Waals surface area contributed by atoms with Crippen LogP contribution >= 0.6 is 23.2 Å². The summed E-state index contributed by atoms with van der Waals surface area (Å²) in [6.45, 7) is 0.259. The van der Waals surface area contributed by atoms with E-state index in [1.54, 1.807) is 18.3 Å². The van der Waals surface area contributed by atoms with Gasteiger partial charge in [-0.25, -0.2) is 0 Å². The van der Waals surface area contributed by atoms with E-state index in [0.29, 0.717) is 33.4 Å². The van der Waals surface area contributed by atoms with Crippen molar-refractivity contribution in [1.82, 2.24) is 30.7 Å². The SMILES string of the molecule is O=C(NCc1n[nH]c2ccc(Cl)cc12)c1cnnc(Cc2ccc3ncc(Cl)cc3c2)c1. The summed E-state index contributed by atoms with van der Waals surface area (Å²) in [5.41, 5.74) is 4.57. The molecule has 0 atom stereocenters. The molecule has 5 rings (SSSR count). The number of hydrogen-bond acceptors (Lipinski definition) is 5. The van der Waals surface area contributed by atoms with Crippen molar-refractivity contribution in [3.05, 3.63) is 93.5 Å². The summed E-state index contributed by atoms with van der Waals surface area (Å²) in [5, 5.41) is 21.3. The van der Waals surface area contributed by atoms with E-state index in [-0.39, 0.29) is 12.5 Å². The maximum atomic E-state index is 12.7. The first kappa shape index (κ1) is 20.4. The fourth-order valence-corrected chi connectivity index (χ4v) is 3.87. The number of halogens is 2. The average Bonchev–Trinajstić information content (AvgIpc) is 3.19. The molecule has 158 valence electrons. The van der Waals surface area contributed by atoms with Gasteiger partial charge in [0.2, 0.25) is 0 Å². The van der Waals surface area contributed by atoms with Crippen LogP contribution in [0.2, 0.25) is 10.0 Å². The van der Waals surface area contributed by atoms with Gasteiger partial charge < -0.3 is 5.32 Å². The van der Waals surface area contributed by atoms with Crippen LogP contribution in [0.15, 0.2) is 60.9 Å². The predicted octanol–water partition coefficient (Wildman–Crippen LogP) is 4.73. The fourth-order valence-electron chi connectivity index (χ4n) is 3.54. The normalized spacial score (nSPS) is 11.2. The fraction of sp³-hybridized carbons (Fsp3) is 0.0870. The van der Waals surface area contributed by atoms with Gasteiger partial charge >= 0.3 is 0 Å². The van der Waals surface area contributed by atoms with Crippen molar-refractivity contribution in [2.45, 2.75) is 13.0 Å². The van der Waals surface area contributed by atoms with E-state index in [0.717, 1.165) is 27.4 Å². The summed E-state index contributed by atoms with van der Waals surface area (Å²) in [6, 6.07) is 15.0. The van der Waals surface area contributed by atoms with Crippen LogP contribution < -0.4 is 5.32 Å². The molecule has 7 nitrogen and oxygen atoms in total. The second-order valence-electron chi connectivity index (χ2n) is 7.34. The first-order valence-electron chi connectivity index (χ1n) is 9.82. The Kier molecular flexibility index (Phi) is 5.43. The van der Waals surface area contributed by atoms with Crippen molar-refractivity contribution >= 4 is 50.9 Å². The third-order valence-electron chi connectivity index (χ3n) is 5.09. The molecule has 32 heavy (non-hydrogen) atoms. The number of nitrogens with zero attached hydrogens (tertiary/aromatic N) is 4. The number of hydrogen-bond donors (Lipinski definition) is 2. The molecular formula is C23H16Cl2N6O. The molecule has 1 amide bonds. The van der Waals surface area contributed by atoms with E-state index in [4.69, 9.17) is 23.2 Å². The van der Waals surface area contributed by atoms with E-state index in [1.165, 1.54) is 6.20 Å². The van der Waals surface area contributed by atoms with E-state index >= 15 is 0 Å². The number of benzene rings is 2. The van der Waals surface area contributed by atoms with Crippen LogP contribution in [0.4, 0.5) is 0 Å². The van der Waals surface area contributed by atoms with Crippen LogP contribution in [0.1, 0.15) is 27.3 Å². The van der Waals surface area contributed by atoms with Gasteiger partial charge in [-0.3, -0.25) is 14.9 Å². The third-order valence-corrected chi connectivity index (χ3v) is 5.53. The van der Waals surface area contributed by atoms with Gasteiger partial charge in [-0.05, 0) is 48.0 Å². The average molecular weight is 463 g/mol. The number of nitrogens with one attached hydrogen (secondary N) is 2. The zero-order chi connectivity index (χ0) is 22.1. The maximum Gasteiger partial charge on any atom is 0.253 e. The number of aromatic nitrogens is 5. The number of H-pyrrole nitrogens is 1. The minimum atomic E-state index is -0.256. The first-order valence-corrected chi connectivity index (χ1v) is 10.6. The Bertz CT molecular complexity index is 1470. The number of amides is 1. The molecular weight excluding hydrogens is 447 g/mol. The zero-order valence-corrected chi connectivity index (χ0v) is 18.2. The van der Waals surface area contributed by atoms with E-state index < -0.39 is 0 Å². The quantitative estimate of drug-likeness (QED) is 0.393. The van der Waals surface area contributed by atoms with Crippen LogP contribution in [0.25, 0.3) is 21.8 Å². The Balaban J connectivity index is 1.31. The minimum Gasteiger partial charge on any atom is -0.346 e. The summed E-state index contributed by atoms with van der Waals surface area (Å²) in [5.74, 6) is -0.256. The van der Waals surface area contributed by atoms with Crippen molar-refractivity contribution < 1.29 is 4.79 Å². The van der Waals surface area contributed by atoms with Gasteiger partial charge in [-0.1, -0.05) is 29.3 Å². The van der Waals surface area contributed by atoms with Crippen molar-refractivity contribution in [3.63, 3.8) is 0 Å². The van der Waals surface area contributed by atoms with Gasteiger partial charge in [-0.2, -0.15) is 15.3 Å². The molecule has 0 fully saturated rings.